The molecule has 1 aliphatic rings. The SMILES string of the molecule is O=C(NCCn1ccnn1)[C@@H]1CCCNC1. The molecule has 2 N–H and O–H groups in total. The molecule has 1 aromatic rings. The van der Waals surface area contributed by atoms with Crippen LogP contribution in [0.5, 0.6) is 0 Å². The smallest absolute Gasteiger partial charge is 0.224 e. The molecule has 2 rings (SSSR count). The number of carbonyl (C=O) groups is 1. The third kappa shape index (κ3) is 3.03. The Morgan fingerprint density at radius 1 is 1.62 bits per heavy atom. The molecule has 0 saturated carbocycles. The highest BCUT2D eigenvalue weighted by atomic mass is 16.1. The zero-order valence-electron chi connectivity index (χ0n) is 9.22. The zero-order valence-corrected chi connectivity index (χ0v) is 9.22. The van der Waals surface area contributed by atoms with E-state index in [1.165, 1.54) is 0 Å². The molecule has 1 amide bonds. The van der Waals surface area contributed by atoms with Gasteiger partial charge in [0.05, 0.1) is 18.7 Å². The molecular weight excluding hydrogens is 206 g/mol. The molecule has 0 aromatic carbocycles. The number of rotatable bonds is 4. The van der Waals surface area contributed by atoms with E-state index in [0.717, 1.165) is 25.9 Å². The Morgan fingerprint density at radius 3 is 3.25 bits per heavy atom. The molecule has 1 fully saturated rings. The lowest BCUT2D eigenvalue weighted by molar-refractivity contribution is -0.125. The highest BCUT2D eigenvalue weighted by molar-refractivity contribution is 5.78. The van der Waals surface area contributed by atoms with Gasteiger partial charge < -0.3 is 10.6 Å². The minimum atomic E-state index is 0.129. The first-order valence-electron chi connectivity index (χ1n) is 5.69. The molecule has 6 heteroatoms. The number of hydrogen-bond acceptors (Lipinski definition) is 4. The average molecular weight is 223 g/mol. The van der Waals surface area contributed by atoms with E-state index in [1.54, 1.807) is 17.1 Å². The molecule has 88 valence electrons. The molecule has 0 aliphatic carbocycles. The predicted octanol–water partition coefficient (Wildman–Crippen LogP) is -0.606. The number of hydrogen-bond donors (Lipinski definition) is 2. The van der Waals surface area contributed by atoms with Gasteiger partial charge in [-0.15, -0.1) is 5.10 Å². The van der Waals surface area contributed by atoms with Crippen molar-refractivity contribution in [3.63, 3.8) is 0 Å². The van der Waals surface area contributed by atoms with Gasteiger partial charge in [-0.3, -0.25) is 9.48 Å². The number of nitrogens with one attached hydrogen (secondary N) is 2. The first kappa shape index (κ1) is 11.1. The summed E-state index contributed by atoms with van der Waals surface area (Å²) >= 11 is 0. The normalized spacial score (nSPS) is 20.6. The minimum Gasteiger partial charge on any atom is -0.354 e. The van der Waals surface area contributed by atoms with Crippen LogP contribution in [-0.2, 0) is 11.3 Å². The second-order valence-corrected chi connectivity index (χ2v) is 4.00. The van der Waals surface area contributed by atoms with Crippen molar-refractivity contribution in [1.82, 2.24) is 25.6 Å². The molecule has 16 heavy (non-hydrogen) atoms. The summed E-state index contributed by atoms with van der Waals surface area (Å²) < 4.78 is 1.71. The lowest BCUT2D eigenvalue weighted by atomic mass is 9.99. The fraction of sp³-hybridized carbons (Fsp3) is 0.700. The first-order valence-corrected chi connectivity index (χ1v) is 5.69. The van der Waals surface area contributed by atoms with E-state index < -0.39 is 0 Å². The van der Waals surface area contributed by atoms with E-state index in [2.05, 4.69) is 20.9 Å². The van der Waals surface area contributed by atoms with Gasteiger partial charge in [-0.1, -0.05) is 5.21 Å². The van der Waals surface area contributed by atoms with Crippen molar-refractivity contribution in [3.05, 3.63) is 12.4 Å². The van der Waals surface area contributed by atoms with Crippen LogP contribution in [-0.4, -0.2) is 40.5 Å². The Morgan fingerprint density at radius 2 is 2.56 bits per heavy atom. The van der Waals surface area contributed by atoms with Gasteiger partial charge in [0.2, 0.25) is 5.91 Å². The standard InChI is InChI=1S/C10H17N5O/c16-10(9-2-1-3-11-8-9)12-4-6-15-7-5-13-14-15/h5,7,9,11H,1-4,6,8H2,(H,12,16)/t9-/m1/s1. The number of nitrogens with zero attached hydrogens (tertiary/aromatic N) is 3. The predicted molar refractivity (Wildman–Crippen MR) is 58.6 cm³/mol. The van der Waals surface area contributed by atoms with Gasteiger partial charge >= 0.3 is 0 Å². The van der Waals surface area contributed by atoms with Crippen molar-refractivity contribution < 1.29 is 4.79 Å². The van der Waals surface area contributed by atoms with E-state index in [9.17, 15) is 4.79 Å². The Balaban J connectivity index is 1.67. The van der Waals surface area contributed by atoms with Crippen LogP contribution >= 0.6 is 0 Å². The van der Waals surface area contributed by atoms with E-state index in [-0.39, 0.29) is 11.8 Å². The van der Waals surface area contributed by atoms with Crippen molar-refractivity contribution in [1.29, 1.82) is 0 Å². The summed E-state index contributed by atoms with van der Waals surface area (Å²) in [6.07, 6.45) is 5.49. The quantitative estimate of drug-likeness (QED) is 0.714. The van der Waals surface area contributed by atoms with Gasteiger partial charge in [0.15, 0.2) is 0 Å². The molecule has 1 aromatic heterocycles. The molecule has 0 spiro atoms. The number of amides is 1. The van der Waals surface area contributed by atoms with Crippen LogP contribution in [0.15, 0.2) is 12.4 Å². The molecule has 1 saturated heterocycles. The summed E-state index contributed by atoms with van der Waals surface area (Å²) in [4.78, 5) is 11.7. The highest BCUT2D eigenvalue weighted by Gasteiger charge is 2.19. The Kier molecular flexibility index (Phi) is 3.87. The summed E-state index contributed by atoms with van der Waals surface area (Å²) in [7, 11) is 0. The van der Waals surface area contributed by atoms with Gasteiger partial charge in [-0.25, -0.2) is 0 Å². The third-order valence-electron chi connectivity index (χ3n) is 2.78. The van der Waals surface area contributed by atoms with Crippen molar-refractivity contribution in [2.45, 2.75) is 19.4 Å². The second kappa shape index (κ2) is 5.60. The summed E-state index contributed by atoms with van der Waals surface area (Å²) in [5, 5.41) is 13.7. The van der Waals surface area contributed by atoms with E-state index in [4.69, 9.17) is 0 Å². The lowest BCUT2D eigenvalue weighted by Crippen LogP contribution is -2.41. The van der Waals surface area contributed by atoms with Gasteiger partial charge in [0, 0.05) is 19.3 Å². The van der Waals surface area contributed by atoms with Crippen LogP contribution in [0.4, 0.5) is 0 Å². The number of carbonyl (C=O) groups excluding carboxylic acids is 1. The highest BCUT2D eigenvalue weighted by Crippen LogP contribution is 2.09. The van der Waals surface area contributed by atoms with Gasteiger partial charge in [-0.2, -0.15) is 0 Å². The van der Waals surface area contributed by atoms with Crippen LogP contribution in [0.25, 0.3) is 0 Å². The maximum atomic E-state index is 11.7. The Hall–Kier alpha value is -1.43. The second-order valence-electron chi connectivity index (χ2n) is 4.00. The van der Waals surface area contributed by atoms with Crippen LogP contribution in [0, 0.1) is 5.92 Å². The van der Waals surface area contributed by atoms with E-state index >= 15 is 0 Å². The first-order chi connectivity index (χ1) is 7.86. The van der Waals surface area contributed by atoms with Crippen molar-refractivity contribution >= 4 is 5.91 Å². The monoisotopic (exact) mass is 223 g/mol. The van der Waals surface area contributed by atoms with E-state index in [1.807, 2.05) is 0 Å². The molecule has 1 aliphatic heterocycles. The van der Waals surface area contributed by atoms with Crippen molar-refractivity contribution in [3.8, 4) is 0 Å². The maximum Gasteiger partial charge on any atom is 0.224 e. The maximum absolute atomic E-state index is 11.7. The summed E-state index contributed by atoms with van der Waals surface area (Å²) in [5.74, 6) is 0.275. The topological polar surface area (TPSA) is 71.8 Å². The van der Waals surface area contributed by atoms with E-state index in [0.29, 0.717) is 13.1 Å². The summed E-state index contributed by atoms with van der Waals surface area (Å²) in [6.45, 7) is 3.11. The molecule has 0 unspecified atom stereocenters. The van der Waals surface area contributed by atoms with Crippen molar-refractivity contribution in [2.24, 2.45) is 5.92 Å². The Labute approximate surface area is 94.4 Å². The van der Waals surface area contributed by atoms with Gasteiger partial charge in [0.1, 0.15) is 0 Å². The molecule has 6 nitrogen and oxygen atoms in total. The third-order valence-corrected chi connectivity index (χ3v) is 2.78. The molecule has 1 atom stereocenters. The molecule has 0 bridgehead atoms. The van der Waals surface area contributed by atoms with Crippen LogP contribution in [0.2, 0.25) is 0 Å². The summed E-state index contributed by atoms with van der Waals surface area (Å²) in [5.41, 5.74) is 0. The number of aromatic nitrogens is 3. The molecule has 0 radical (unpaired) electrons. The minimum absolute atomic E-state index is 0.129. The van der Waals surface area contributed by atoms with Gasteiger partial charge in [0.25, 0.3) is 0 Å². The number of piperidine rings is 1. The average Bonchev–Trinajstić information content (AvgIpc) is 2.83. The van der Waals surface area contributed by atoms with Crippen LogP contribution in [0.3, 0.4) is 0 Å². The fourth-order valence-corrected chi connectivity index (χ4v) is 1.87. The van der Waals surface area contributed by atoms with Crippen LogP contribution < -0.4 is 10.6 Å². The summed E-state index contributed by atoms with van der Waals surface area (Å²) in [6, 6.07) is 0. The Bertz CT molecular complexity index is 318. The van der Waals surface area contributed by atoms with Crippen molar-refractivity contribution in [2.75, 3.05) is 19.6 Å². The lowest BCUT2D eigenvalue weighted by Gasteiger charge is -2.21. The fourth-order valence-electron chi connectivity index (χ4n) is 1.87. The zero-order chi connectivity index (χ0) is 11.2. The molecule has 2 heterocycles. The molecular formula is C10H17N5O. The largest absolute Gasteiger partial charge is 0.354 e. The van der Waals surface area contributed by atoms with Crippen LogP contribution in [0.1, 0.15) is 12.8 Å². The van der Waals surface area contributed by atoms with Gasteiger partial charge in [-0.05, 0) is 19.4 Å².